The van der Waals surface area contributed by atoms with Gasteiger partial charge in [-0.15, -0.1) is 13.2 Å². The fourth-order valence-electron chi connectivity index (χ4n) is 2.84. The van der Waals surface area contributed by atoms with Gasteiger partial charge in [0.05, 0.1) is 6.04 Å². The second kappa shape index (κ2) is 8.57. The van der Waals surface area contributed by atoms with Crippen LogP contribution in [0.25, 0.3) is 0 Å². The molecular weight excluding hydrogens is 411 g/mol. The maximum Gasteiger partial charge on any atom is 0.573 e. The van der Waals surface area contributed by atoms with Crippen LogP contribution in [0.1, 0.15) is 23.6 Å². The van der Waals surface area contributed by atoms with Gasteiger partial charge in [-0.25, -0.2) is 4.79 Å². The van der Waals surface area contributed by atoms with Gasteiger partial charge in [0.2, 0.25) is 0 Å². The van der Waals surface area contributed by atoms with E-state index in [4.69, 9.17) is 16.3 Å². The van der Waals surface area contributed by atoms with Gasteiger partial charge in [-0.2, -0.15) is 0 Å². The van der Waals surface area contributed by atoms with Crippen LogP contribution in [-0.4, -0.2) is 23.1 Å². The highest BCUT2D eigenvalue weighted by molar-refractivity contribution is 6.31. The van der Waals surface area contributed by atoms with Gasteiger partial charge in [-0.3, -0.25) is 9.69 Å². The molecule has 3 rings (SSSR count). The van der Waals surface area contributed by atoms with Gasteiger partial charge in [0.25, 0.3) is 0 Å². The molecule has 0 aromatic heterocycles. The third kappa shape index (κ3) is 5.51. The molecule has 0 saturated carbocycles. The monoisotopic (exact) mass is 425 g/mol. The molecule has 1 amide bonds. The van der Waals surface area contributed by atoms with Crippen LogP contribution in [0, 0.1) is 0 Å². The summed E-state index contributed by atoms with van der Waals surface area (Å²) in [6, 6.07) is 11.5. The summed E-state index contributed by atoms with van der Waals surface area (Å²) in [6.45, 7) is 0.0246. The smallest absolute Gasteiger partial charge is 0.444 e. The van der Waals surface area contributed by atoms with E-state index in [2.05, 4.69) is 4.74 Å². The van der Waals surface area contributed by atoms with Crippen LogP contribution >= 0.6 is 11.6 Å². The van der Waals surface area contributed by atoms with Crippen molar-refractivity contribution in [1.82, 2.24) is 4.90 Å². The van der Waals surface area contributed by atoms with Gasteiger partial charge in [0, 0.05) is 17.6 Å². The molecule has 0 saturated heterocycles. The average molecular weight is 426 g/mol. The summed E-state index contributed by atoms with van der Waals surface area (Å²) in [5, 5.41) is -0.0688. The number of halogens is 4. The van der Waals surface area contributed by atoms with Crippen molar-refractivity contribution >= 4 is 23.5 Å². The Morgan fingerprint density at radius 3 is 2.55 bits per heavy atom. The Kier molecular flexibility index (Phi) is 6.12. The van der Waals surface area contributed by atoms with Gasteiger partial charge in [0.15, 0.2) is 5.78 Å². The van der Waals surface area contributed by atoms with Crippen molar-refractivity contribution in [1.29, 1.82) is 0 Å². The zero-order chi connectivity index (χ0) is 21.0. The Bertz CT molecular complexity index is 931. The quantitative estimate of drug-likeness (QED) is 0.657. The molecule has 1 aliphatic heterocycles. The van der Waals surface area contributed by atoms with E-state index < -0.39 is 24.2 Å². The van der Waals surface area contributed by atoms with E-state index in [1.807, 2.05) is 6.07 Å². The van der Waals surface area contributed by atoms with Crippen molar-refractivity contribution in [3.63, 3.8) is 0 Å². The van der Waals surface area contributed by atoms with Crippen LogP contribution in [0.15, 0.2) is 60.8 Å². The average Bonchev–Trinajstić information content (AvgIpc) is 2.66. The number of ketones is 1. The lowest BCUT2D eigenvalue weighted by molar-refractivity contribution is -0.274. The molecule has 2 aromatic carbocycles. The number of hydrogen-bond acceptors (Lipinski definition) is 4. The zero-order valence-corrected chi connectivity index (χ0v) is 15.6. The van der Waals surface area contributed by atoms with Gasteiger partial charge < -0.3 is 9.47 Å². The summed E-state index contributed by atoms with van der Waals surface area (Å²) in [7, 11) is 0. The summed E-state index contributed by atoms with van der Waals surface area (Å²) >= 11 is 6.12. The number of amides is 1. The zero-order valence-electron chi connectivity index (χ0n) is 14.9. The molecule has 0 N–H and O–H groups in total. The molecule has 9 heteroatoms. The normalized spacial score (nSPS) is 16.6. The highest BCUT2D eigenvalue weighted by Gasteiger charge is 2.33. The van der Waals surface area contributed by atoms with Crippen molar-refractivity contribution in [2.24, 2.45) is 0 Å². The Morgan fingerprint density at radius 2 is 1.90 bits per heavy atom. The lowest BCUT2D eigenvalue weighted by atomic mass is 9.97. The fraction of sp³-hybridized carbons (Fsp3) is 0.200. The molecular formula is C20H15ClF3NO4. The molecule has 0 aliphatic carbocycles. The van der Waals surface area contributed by atoms with E-state index >= 15 is 0 Å². The van der Waals surface area contributed by atoms with E-state index in [9.17, 15) is 22.8 Å². The minimum atomic E-state index is -4.86. The van der Waals surface area contributed by atoms with Crippen LogP contribution in [0.4, 0.5) is 18.0 Å². The van der Waals surface area contributed by atoms with Crippen molar-refractivity contribution in [3.05, 3.63) is 77.0 Å². The number of allylic oxidation sites excluding steroid dienone is 1. The standard InChI is InChI=1S/C20H15ClF3NO4/c21-17-11-15(29-20(22,23)24)6-7-16(17)18-10-14(26)8-9-25(18)19(27)28-12-13-4-2-1-3-5-13/h1-9,11,18H,10,12H2. The van der Waals surface area contributed by atoms with Crippen LogP contribution in [-0.2, 0) is 16.1 Å². The molecule has 0 bridgehead atoms. The van der Waals surface area contributed by atoms with Crippen LogP contribution in [0.5, 0.6) is 5.75 Å². The highest BCUT2D eigenvalue weighted by Crippen LogP contribution is 2.36. The second-order valence-corrected chi connectivity index (χ2v) is 6.59. The Hall–Kier alpha value is -3.00. The van der Waals surface area contributed by atoms with Crippen molar-refractivity contribution in [2.75, 3.05) is 0 Å². The number of hydrogen-bond donors (Lipinski definition) is 0. The number of carbonyl (C=O) groups excluding carboxylic acids is 2. The fourth-order valence-corrected chi connectivity index (χ4v) is 3.14. The van der Waals surface area contributed by atoms with E-state index in [0.717, 1.165) is 17.7 Å². The van der Waals surface area contributed by atoms with Crippen LogP contribution in [0.3, 0.4) is 0 Å². The van der Waals surface area contributed by atoms with Gasteiger partial charge in [0.1, 0.15) is 12.4 Å². The first kappa shape index (κ1) is 20.7. The molecule has 0 spiro atoms. The maximum atomic E-state index is 12.6. The van der Waals surface area contributed by atoms with Crippen molar-refractivity contribution in [3.8, 4) is 5.75 Å². The Labute approximate surface area is 169 Å². The molecule has 5 nitrogen and oxygen atoms in total. The number of alkyl halides is 3. The lowest BCUT2D eigenvalue weighted by Crippen LogP contribution is -2.35. The Morgan fingerprint density at radius 1 is 1.17 bits per heavy atom. The predicted octanol–water partition coefficient (Wildman–Crippen LogP) is 5.41. The predicted molar refractivity (Wildman–Crippen MR) is 98.1 cm³/mol. The second-order valence-electron chi connectivity index (χ2n) is 6.18. The van der Waals surface area contributed by atoms with Gasteiger partial charge >= 0.3 is 12.5 Å². The van der Waals surface area contributed by atoms with Crippen molar-refractivity contribution < 1.29 is 32.2 Å². The summed E-state index contributed by atoms with van der Waals surface area (Å²) in [6.07, 6.45) is -3.15. The first-order valence-electron chi connectivity index (χ1n) is 8.48. The number of ether oxygens (including phenoxy) is 2. The van der Waals surface area contributed by atoms with Gasteiger partial charge in [-0.05, 0) is 29.3 Å². The molecule has 1 unspecified atom stereocenters. The number of nitrogens with zero attached hydrogens (tertiary/aromatic N) is 1. The highest BCUT2D eigenvalue weighted by atomic mass is 35.5. The number of benzene rings is 2. The molecule has 0 fully saturated rings. The summed E-state index contributed by atoms with van der Waals surface area (Å²) < 4.78 is 46.3. The number of carbonyl (C=O) groups is 2. The van der Waals surface area contributed by atoms with Crippen molar-refractivity contribution in [2.45, 2.75) is 25.4 Å². The van der Waals surface area contributed by atoms with Gasteiger partial charge in [-0.1, -0.05) is 48.0 Å². The molecule has 1 heterocycles. The molecule has 2 aromatic rings. The first-order chi connectivity index (χ1) is 13.7. The molecule has 152 valence electrons. The molecule has 29 heavy (non-hydrogen) atoms. The summed E-state index contributed by atoms with van der Waals surface area (Å²) in [5.41, 5.74) is 1.08. The Balaban J connectivity index is 1.79. The third-order valence-electron chi connectivity index (χ3n) is 4.13. The minimum absolute atomic E-state index is 0.0246. The lowest BCUT2D eigenvalue weighted by Gasteiger charge is -2.31. The largest absolute Gasteiger partial charge is 0.573 e. The van der Waals surface area contributed by atoms with E-state index in [1.165, 1.54) is 23.2 Å². The maximum absolute atomic E-state index is 12.6. The topological polar surface area (TPSA) is 55.8 Å². The first-order valence-corrected chi connectivity index (χ1v) is 8.86. The van der Waals surface area contributed by atoms with Crippen LogP contribution < -0.4 is 4.74 Å². The number of rotatable bonds is 4. The third-order valence-corrected chi connectivity index (χ3v) is 4.46. The van der Waals surface area contributed by atoms with E-state index in [0.29, 0.717) is 5.56 Å². The van der Waals surface area contributed by atoms with Crippen LogP contribution in [0.2, 0.25) is 5.02 Å². The van der Waals surface area contributed by atoms with E-state index in [-0.39, 0.29) is 23.8 Å². The van der Waals surface area contributed by atoms with E-state index in [1.54, 1.807) is 24.3 Å². The molecule has 0 radical (unpaired) electrons. The molecule has 1 aliphatic rings. The minimum Gasteiger partial charge on any atom is -0.444 e. The summed E-state index contributed by atoms with van der Waals surface area (Å²) in [5.74, 6) is -0.754. The summed E-state index contributed by atoms with van der Waals surface area (Å²) in [4.78, 5) is 25.6. The SMILES string of the molecule is O=C1C=CN(C(=O)OCc2ccccc2)C(c2ccc(OC(F)(F)F)cc2Cl)C1. The molecule has 1 atom stereocenters.